The second-order valence-electron chi connectivity index (χ2n) is 7.10. The third-order valence-electron chi connectivity index (χ3n) is 4.94. The lowest BCUT2D eigenvalue weighted by atomic mass is 9.97. The summed E-state index contributed by atoms with van der Waals surface area (Å²) in [6.45, 7) is 0. The van der Waals surface area contributed by atoms with Gasteiger partial charge < -0.3 is 10.6 Å². The zero-order valence-corrected chi connectivity index (χ0v) is 18.2. The van der Waals surface area contributed by atoms with Crippen LogP contribution in [0.25, 0.3) is 0 Å². The van der Waals surface area contributed by atoms with Crippen molar-refractivity contribution in [2.75, 3.05) is 10.6 Å². The Morgan fingerprint density at radius 3 is 2.50 bits per heavy atom. The van der Waals surface area contributed by atoms with Crippen LogP contribution in [0, 0.1) is 11.6 Å². The minimum Gasteiger partial charge on any atom is -0.363 e. The Balaban J connectivity index is 1.66. The number of carbonyl (C=O) groups is 1. The number of nitrogens with zero attached hydrogens (tertiary/aromatic N) is 2. The van der Waals surface area contributed by atoms with E-state index in [-0.39, 0.29) is 28.1 Å². The third kappa shape index (κ3) is 4.44. The number of fused-ring (bicyclic) bond motifs is 1. The van der Waals surface area contributed by atoms with E-state index in [2.05, 4.69) is 31.7 Å². The maximum Gasteiger partial charge on any atom is 0.410 e. The summed E-state index contributed by atoms with van der Waals surface area (Å²) in [4.78, 5) is 12.6. The van der Waals surface area contributed by atoms with E-state index in [9.17, 15) is 26.7 Å². The number of alkyl halides is 3. The zero-order valence-electron chi connectivity index (χ0n) is 15.9. The summed E-state index contributed by atoms with van der Waals surface area (Å²) in [5.74, 6) is -2.90. The number of carbonyl (C=O) groups excluding carboxylic acids is 1. The van der Waals surface area contributed by atoms with E-state index in [0.717, 1.165) is 12.1 Å². The highest BCUT2D eigenvalue weighted by molar-refractivity contribution is 9.10. The van der Waals surface area contributed by atoms with Crippen molar-refractivity contribution in [2.45, 2.75) is 24.7 Å². The normalized spacial score (nSPS) is 18.1. The van der Waals surface area contributed by atoms with Gasteiger partial charge in [0.2, 0.25) is 0 Å². The van der Waals surface area contributed by atoms with Gasteiger partial charge in [-0.15, -0.1) is 0 Å². The van der Waals surface area contributed by atoms with Gasteiger partial charge in [0, 0.05) is 28.0 Å². The van der Waals surface area contributed by atoms with Crippen molar-refractivity contribution < 1.29 is 26.7 Å². The smallest absolute Gasteiger partial charge is 0.363 e. The number of halogens is 7. The van der Waals surface area contributed by atoms with E-state index in [1.165, 1.54) is 0 Å². The highest BCUT2D eigenvalue weighted by Gasteiger charge is 2.46. The number of aromatic nitrogens is 2. The highest BCUT2D eigenvalue weighted by Crippen LogP contribution is 2.43. The first-order chi connectivity index (χ1) is 15.0. The minimum atomic E-state index is -4.63. The molecule has 168 valence electrons. The number of benzene rings is 2. The van der Waals surface area contributed by atoms with Crippen molar-refractivity contribution in [1.82, 2.24) is 9.78 Å². The predicted molar refractivity (Wildman–Crippen MR) is 112 cm³/mol. The standard InChI is InChI=1S/C20H13BrClF5N4O/c21-12-5-11(23)6-13(24)18(12)29-19(32)15-8-17-28-14(9-1-3-10(22)4-2-9)7-16(20(25,26)27)31(17)30-15/h1-6,8,14,16,28H,7H2,(H,29,32)/t14-,16+/m0/s1. The number of anilines is 2. The molecule has 0 saturated heterocycles. The molecule has 1 aromatic heterocycles. The number of amides is 1. The van der Waals surface area contributed by atoms with Crippen LogP contribution in [-0.2, 0) is 0 Å². The van der Waals surface area contributed by atoms with E-state index in [1.54, 1.807) is 24.3 Å². The van der Waals surface area contributed by atoms with Gasteiger partial charge in [-0.3, -0.25) is 4.79 Å². The molecule has 4 rings (SSSR count). The lowest BCUT2D eigenvalue weighted by Gasteiger charge is -2.33. The molecule has 2 heterocycles. The van der Waals surface area contributed by atoms with Crippen molar-refractivity contribution >= 4 is 44.9 Å². The summed E-state index contributed by atoms with van der Waals surface area (Å²) in [5.41, 5.74) is -0.143. The summed E-state index contributed by atoms with van der Waals surface area (Å²) in [7, 11) is 0. The van der Waals surface area contributed by atoms with E-state index < -0.39 is 35.8 Å². The van der Waals surface area contributed by atoms with E-state index in [1.807, 2.05) is 0 Å². The summed E-state index contributed by atoms with van der Waals surface area (Å²) in [6.07, 6.45) is -4.99. The number of hydrogen-bond donors (Lipinski definition) is 2. The molecule has 32 heavy (non-hydrogen) atoms. The van der Waals surface area contributed by atoms with Gasteiger partial charge >= 0.3 is 6.18 Å². The molecule has 0 fully saturated rings. The molecule has 0 spiro atoms. The Hall–Kier alpha value is -2.66. The molecule has 2 aromatic carbocycles. The molecule has 5 nitrogen and oxygen atoms in total. The van der Waals surface area contributed by atoms with Gasteiger partial charge in [0.05, 0.1) is 11.7 Å². The zero-order chi connectivity index (χ0) is 23.2. The second kappa shape index (κ2) is 8.36. The Labute approximate surface area is 191 Å². The maximum atomic E-state index is 14.0. The van der Waals surface area contributed by atoms with Crippen LogP contribution >= 0.6 is 27.5 Å². The Bertz CT molecular complexity index is 1160. The highest BCUT2D eigenvalue weighted by atomic mass is 79.9. The van der Waals surface area contributed by atoms with Crippen molar-refractivity contribution in [3.8, 4) is 0 Å². The molecule has 0 radical (unpaired) electrons. The fraction of sp³-hybridized carbons (Fsp3) is 0.200. The van der Waals surface area contributed by atoms with Crippen LogP contribution in [0.2, 0.25) is 5.02 Å². The topological polar surface area (TPSA) is 59.0 Å². The monoisotopic (exact) mass is 534 g/mol. The molecular weight excluding hydrogens is 523 g/mol. The summed E-state index contributed by atoms with van der Waals surface area (Å²) in [5, 5.41) is 9.40. The quantitative estimate of drug-likeness (QED) is 0.377. The lowest BCUT2D eigenvalue weighted by molar-refractivity contribution is -0.173. The van der Waals surface area contributed by atoms with Crippen molar-refractivity contribution in [2.24, 2.45) is 0 Å². The molecule has 1 aliphatic heterocycles. The first kappa shape index (κ1) is 22.5. The lowest BCUT2D eigenvalue weighted by Crippen LogP contribution is -2.35. The summed E-state index contributed by atoms with van der Waals surface area (Å²) >= 11 is 8.80. The van der Waals surface area contributed by atoms with Gasteiger partial charge in [-0.05, 0) is 39.7 Å². The van der Waals surface area contributed by atoms with Crippen LogP contribution in [0.4, 0.5) is 33.5 Å². The van der Waals surface area contributed by atoms with Gasteiger partial charge in [-0.25, -0.2) is 13.5 Å². The molecule has 0 aliphatic carbocycles. The van der Waals surface area contributed by atoms with Crippen molar-refractivity contribution in [1.29, 1.82) is 0 Å². The molecule has 1 amide bonds. The van der Waals surface area contributed by atoms with Crippen LogP contribution in [-0.4, -0.2) is 21.9 Å². The Morgan fingerprint density at radius 1 is 1.19 bits per heavy atom. The number of rotatable bonds is 3. The Morgan fingerprint density at radius 2 is 1.88 bits per heavy atom. The minimum absolute atomic E-state index is 0.0256. The SMILES string of the molecule is O=C(Nc1c(F)cc(F)cc1Br)c1cc2n(n1)[C@@H](C(F)(F)F)C[C@@H](c1ccc(Cl)cc1)N2. The molecule has 2 atom stereocenters. The molecule has 0 saturated carbocycles. The van der Waals surface area contributed by atoms with Crippen LogP contribution in [0.5, 0.6) is 0 Å². The molecule has 0 unspecified atom stereocenters. The molecule has 3 aromatic rings. The first-order valence-corrected chi connectivity index (χ1v) is 10.3. The van der Waals surface area contributed by atoms with E-state index >= 15 is 0 Å². The van der Waals surface area contributed by atoms with Crippen LogP contribution < -0.4 is 10.6 Å². The molecular formula is C20H13BrClF5N4O. The first-order valence-electron chi connectivity index (χ1n) is 9.17. The van der Waals surface area contributed by atoms with Gasteiger partial charge in [0.25, 0.3) is 5.91 Å². The molecule has 2 N–H and O–H groups in total. The molecule has 0 bridgehead atoms. The van der Waals surface area contributed by atoms with Crippen LogP contribution in [0.15, 0.2) is 46.9 Å². The number of nitrogens with one attached hydrogen (secondary N) is 2. The number of hydrogen-bond acceptors (Lipinski definition) is 3. The fourth-order valence-electron chi connectivity index (χ4n) is 3.44. The fourth-order valence-corrected chi connectivity index (χ4v) is 4.07. The summed E-state index contributed by atoms with van der Waals surface area (Å²) in [6, 6.07) is 6.32. The van der Waals surface area contributed by atoms with Gasteiger partial charge in [-0.2, -0.15) is 18.3 Å². The maximum absolute atomic E-state index is 14.0. The summed E-state index contributed by atoms with van der Waals surface area (Å²) < 4.78 is 69.2. The van der Waals surface area contributed by atoms with Gasteiger partial charge in [0.1, 0.15) is 11.6 Å². The second-order valence-corrected chi connectivity index (χ2v) is 8.39. The van der Waals surface area contributed by atoms with Crippen molar-refractivity contribution in [3.05, 3.63) is 74.9 Å². The predicted octanol–water partition coefficient (Wildman–Crippen LogP) is 6.49. The van der Waals surface area contributed by atoms with Crippen molar-refractivity contribution in [3.63, 3.8) is 0 Å². The Kier molecular flexibility index (Phi) is 5.89. The van der Waals surface area contributed by atoms with Gasteiger partial charge in [0.15, 0.2) is 17.6 Å². The van der Waals surface area contributed by atoms with E-state index in [4.69, 9.17) is 11.6 Å². The average molecular weight is 536 g/mol. The largest absolute Gasteiger partial charge is 0.410 e. The van der Waals surface area contributed by atoms with E-state index in [0.29, 0.717) is 21.3 Å². The van der Waals surface area contributed by atoms with Crippen LogP contribution in [0.3, 0.4) is 0 Å². The van der Waals surface area contributed by atoms with Crippen LogP contribution in [0.1, 0.15) is 34.6 Å². The van der Waals surface area contributed by atoms with Gasteiger partial charge in [-0.1, -0.05) is 23.7 Å². The molecule has 12 heteroatoms. The molecule has 1 aliphatic rings. The average Bonchev–Trinajstić information content (AvgIpc) is 3.13. The third-order valence-corrected chi connectivity index (χ3v) is 5.82.